The van der Waals surface area contributed by atoms with E-state index in [9.17, 15) is 4.79 Å². The summed E-state index contributed by atoms with van der Waals surface area (Å²) in [6.07, 6.45) is 6.24. The zero-order valence-electron chi connectivity index (χ0n) is 12.6. The molecule has 3 rings (SSSR count). The Morgan fingerprint density at radius 1 is 1.48 bits per heavy atom. The molecule has 6 heteroatoms. The molecule has 1 N–H and O–H groups in total. The van der Waals surface area contributed by atoms with Gasteiger partial charge in [-0.1, -0.05) is 0 Å². The van der Waals surface area contributed by atoms with Crippen molar-refractivity contribution >= 4 is 5.91 Å². The van der Waals surface area contributed by atoms with E-state index in [2.05, 4.69) is 14.9 Å². The second kappa shape index (κ2) is 6.58. The first-order chi connectivity index (χ1) is 10.3. The number of nitrogens with one attached hydrogen (secondary N) is 1. The Hall–Kier alpha value is -1.40. The van der Waals surface area contributed by atoms with Crippen LogP contribution in [0.2, 0.25) is 0 Å². The van der Waals surface area contributed by atoms with Crippen molar-refractivity contribution in [2.75, 3.05) is 32.8 Å². The minimum absolute atomic E-state index is 0.145. The van der Waals surface area contributed by atoms with Crippen molar-refractivity contribution in [1.29, 1.82) is 0 Å². The summed E-state index contributed by atoms with van der Waals surface area (Å²) in [6.45, 7) is 6.55. The largest absolute Gasteiger partial charge is 0.378 e. The van der Waals surface area contributed by atoms with Gasteiger partial charge in [0.1, 0.15) is 5.82 Å². The van der Waals surface area contributed by atoms with Crippen molar-refractivity contribution < 1.29 is 9.53 Å². The highest BCUT2D eigenvalue weighted by Gasteiger charge is 2.25. The van der Waals surface area contributed by atoms with Gasteiger partial charge in [0.15, 0.2) is 0 Å². The molecule has 2 aliphatic rings. The van der Waals surface area contributed by atoms with Gasteiger partial charge in [-0.05, 0) is 19.8 Å². The first kappa shape index (κ1) is 14.5. The maximum atomic E-state index is 12.4. The van der Waals surface area contributed by atoms with Gasteiger partial charge in [0.2, 0.25) is 5.91 Å². The van der Waals surface area contributed by atoms with Crippen LogP contribution >= 0.6 is 0 Å². The van der Waals surface area contributed by atoms with Crippen molar-refractivity contribution in [2.45, 2.75) is 38.3 Å². The van der Waals surface area contributed by atoms with Gasteiger partial charge in [-0.25, -0.2) is 4.98 Å². The molecule has 1 aromatic heterocycles. The first-order valence-electron chi connectivity index (χ1n) is 7.86. The van der Waals surface area contributed by atoms with Gasteiger partial charge in [-0.3, -0.25) is 4.79 Å². The number of imidazole rings is 1. The summed E-state index contributed by atoms with van der Waals surface area (Å²) in [4.78, 5) is 18.7. The highest BCUT2D eigenvalue weighted by molar-refractivity contribution is 5.81. The van der Waals surface area contributed by atoms with E-state index in [1.807, 2.05) is 24.2 Å². The van der Waals surface area contributed by atoms with Crippen LogP contribution in [-0.2, 0) is 16.1 Å². The van der Waals surface area contributed by atoms with E-state index < -0.39 is 0 Å². The molecule has 6 nitrogen and oxygen atoms in total. The van der Waals surface area contributed by atoms with Crippen molar-refractivity contribution in [3.05, 3.63) is 18.2 Å². The molecule has 0 saturated carbocycles. The molecule has 0 aliphatic carbocycles. The third-order valence-corrected chi connectivity index (χ3v) is 4.43. The van der Waals surface area contributed by atoms with E-state index in [-0.39, 0.29) is 11.9 Å². The summed E-state index contributed by atoms with van der Waals surface area (Å²) in [7, 11) is 0. The molecule has 116 valence electrons. The average Bonchev–Trinajstić information content (AvgIpc) is 3.02. The van der Waals surface area contributed by atoms with E-state index in [4.69, 9.17) is 4.74 Å². The lowest BCUT2D eigenvalue weighted by Crippen LogP contribution is -2.50. The molecule has 0 unspecified atom stereocenters. The number of rotatable bonds is 4. The summed E-state index contributed by atoms with van der Waals surface area (Å²) in [5, 5.41) is 3.39. The molecule has 0 radical (unpaired) electrons. The third kappa shape index (κ3) is 3.27. The quantitative estimate of drug-likeness (QED) is 0.883. The Morgan fingerprint density at radius 3 is 3.10 bits per heavy atom. The van der Waals surface area contributed by atoms with Gasteiger partial charge in [-0.2, -0.15) is 0 Å². The lowest BCUT2D eigenvalue weighted by molar-refractivity contribution is -0.137. The smallest absolute Gasteiger partial charge is 0.239 e. The Labute approximate surface area is 125 Å². The monoisotopic (exact) mass is 292 g/mol. The molecule has 1 amide bonds. The van der Waals surface area contributed by atoms with Gasteiger partial charge < -0.3 is 19.5 Å². The topological polar surface area (TPSA) is 59.4 Å². The number of carbonyl (C=O) groups excluding carboxylic acids is 1. The van der Waals surface area contributed by atoms with Gasteiger partial charge in [0.25, 0.3) is 0 Å². The summed E-state index contributed by atoms with van der Waals surface area (Å²) >= 11 is 0. The van der Waals surface area contributed by atoms with Crippen LogP contribution in [0.1, 0.15) is 31.5 Å². The number of carbonyl (C=O) groups is 1. The zero-order valence-corrected chi connectivity index (χ0v) is 12.6. The zero-order chi connectivity index (χ0) is 14.7. The predicted molar refractivity (Wildman–Crippen MR) is 79.1 cm³/mol. The molecule has 2 atom stereocenters. The van der Waals surface area contributed by atoms with Gasteiger partial charge in [0.05, 0.1) is 19.3 Å². The second-order valence-corrected chi connectivity index (χ2v) is 5.89. The fourth-order valence-electron chi connectivity index (χ4n) is 3.16. The molecule has 0 spiro atoms. The molecular formula is C15H24N4O2. The summed E-state index contributed by atoms with van der Waals surface area (Å²) < 4.78 is 7.52. The normalized spacial score (nSPS) is 23.7. The van der Waals surface area contributed by atoms with Gasteiger partial charge >= 0.3 is 0 Å². The number of hydrogen-bond acceptors (Lipinski definition) is 4. The third-order valence-electron chi connectivity index (χ3n) is 4.43. The fourth-order valence-corrected chi connectivity index (χ4v) is 3.16. The molecule has 0 aromatic carbocycles. The van der Waals surface area contributed by atoms with E-state index in [1.54, 1.807) is 0 Å². The molecule has 1 aromatic rings. The maximum Gasteiger partial charge on any atom is 0.239 e. The highest BCUT2D eigenvalue weighted by atomic mass is 16.5. The Kier molecular flexibility index (Phi) is 4.55. The summed E-state index contributed by atoms with van der Waals surface area (Å²) in [5.74, 6) is 1.74. The number of ether oxygens (including phenoxy) is 1. The SMILES string of the molecule is C[C@H](NC[C@@H]1CCCn2ccnc21)C(=O)N1CCOCC1. The number of amides is 1. The number of aromatic nitrogens is 2. The van der Waals surface area contributed by atoms with E-state index in [0.717, 1.165) is 25.3 Å². The minimum Gasteiger partial charge on any atom is -0.378 e. The van der Waals surface area contributed by atoms with Crippen molar-refractivity contribution in [2.24, 2.45) is 0 Å². The van der Waals surface area contributed by atoms with E-state index in [0.29, 0.717) is 32.2 Å². The van der Waals surface area contributed by atoms with Crippen LogP contribution in [0, 0.1) is 0 Å². The van der Waals surface area contributed by atoms with Crippen molar-refractivity contribution in [3.8, 4) is 0 Å². The predicted octanol–water partition coefficient (Wildman–Crippen LogP) is 0.597. The number of morpholine rings is 1. The number of aryl methyl sites for hydroxylation is 1. The number of nitrogens with zero attached hydrogens (tertiary/aromatic N) is 3. The van der Waals surface area contributed by atoms with E-state index in [1.165, 1.54) is 6.42 Å². The molecule has 1 saturated heterocycles. The molecule has 2 aliphatic heterocycles. The molecular weight excluding hydrogens is 268 g/mol. The Balaban J connectivity index is 1.52. The summed E-state index contributed by atoms with van der Waals surface area (Å²) in [5.41, 5.74) is 0. The van der Waals surface area contributed by atoms with E-state index >= 15 is 0 Å². The molecule has 0 bridgehead atoms. The number of fused-ring (bicyclic) bond motifs is 1. The fraction of sp³-hybridized carbons (Fsp3) is 0.733. The number of hydrogen-bond donors (Lipinski definition) is 1. The van der Waals surface area contributed by atoms with Crippen molar-refractivity contribution in [1.82, 2.24) is 19.8 Å². The second-order valence-electron chi connectivity index (χ2n) is 5.89. The Morgan fingerprint density at radius 2 is 2.29 bits per heavy atom. The van der Waals surface area contributed by atoms with Crippen LogP contribution in [-0.4, -0.2) is 59.2 Å². The lowest BCUT2D eigenvalue weighted by Gasteiger charge is -2.30. The minimum atomic E-state index is -0.145. The molecule has 3 heterocycles. The van der Waals surface area contributed by atoms with Crippen LogP contribution in [0.5, 0.6) is 0 Å². The Bertz CT molecular complexity index is 482. The molecule has 21 heavy (non-hydrogen) atoms. The first-order valence-corrected chi connectivity index (χ1v) is 7.86. The van der Waals surface area contributed by atoms with Crippen LogP contribution in [0.3, 0.4) is 0 Å². The standard InChI is InChI=1S/C15H24N4O2/c1-12(15(20)19-7-9-21-10-8-19)17-11-13-3-2-5-18-6-4-16-14(13)18/h4,6,12-13,17H,2-3,5,7-11H2,1H3/t12-,13-/m0/s1. The van der Waals surface area contributed by atoms with Crippen LogP contribution in [0.4, 0.5) is 0 Å². The highest BCUT2D eigenvalue weighted by Crippen LogP contribution is 2.24. The average molecular weight is 292 g/mol. The summed E-state index contributed by atoms with van der Waals surface area (Å²) in [6, 6.07) is -0.145. The maximum absolute atomic E-state index is 12.4. The van der Waals surface area contributed by atoms with Gasteiger partial charge in [-0.15, -0.1) is 0 Å². The molecule has 1 fully saturated rings. The van der Waals surface area contributed by atoms with Gasteiger partial charge in [0, 0.05) is 44.5 Å². The van der Waals surface area contributed by atoms with Crippen LogP contribution in [0.25, 0.3) is 0 Å². The van der Waals surface area contributed by atoms with Crippen molar-refractivity contribution in [3.63, 3.8) is 0 Å². The van der Waals surface area contributed by atoms with Crippen LogP contribution < -0.4 is 5.32 Å². The lowest BCUT2D eigenvalue weighted by atomic mass is 9.98. The van der Waals surface area contributed by atoms with Crippen LogP contribution in [0.15, 0.2) is 12.4 Å².